The molecule has 1 aromatic carbocycles. The van der Waals surface area contributed by atoms with Crippen LogP contribution >= 0.6 is 0 Å². The Morgan fingerprint density at radius 2 is 1.87 bits per heavy atom. The lowest BCUT2D eigenvalue weighted by Crippen LogP contribution is -2.32. The van der Waals surface area contributed by atoms with Crippen molar-refractivity contribution in [2.45, 2.75) is 43.7 Å². The van der Waals surface area contributed by atoms with E-state index in [1.165, 1.54) is 16.4 Å². The van der Waals surface area contributed by atoms with Gasteiger partial charge in [0.15, 0.2) is 6.61 Å². The normalized spacial score (nSPS) is 16.0. The van der Waals surface area contributed by atoms with Crippen molar-refractivity contribution in [2.75, 3.05) is 25.0 Å². The first kappa shape index (κ1) is 23.1. The number of alkyl halides is 3. The van der Waals surface area contributed by atoms with E-state index in [0.29, 0.717) is 18.8 Å². The van der Waals surface area contributed by atoms with Crippen LogP contribution in [0.5, 0.6) is 5.75 Å². The van der Waals surface area contributed by atoms with Crippen LogP contribution in [-0.2, 0) is 10.0 Å². The molecule has 1 aliphatic rings. The van der Waals surface area contributed by atoms with Gasteiger partial charge < -0.3 is 14.6 Å². The van der Waals surface area contributed by atoms with Crippen LogP contribution in [0.1, 0.15) is 41.9 Å². The second kappa shape index (κ2) is 9.27. The minimum absolute atomic E-state index is 0.155. The van der Waals surface area contributed by atoms with Gasteiger partial charge in [0, 0.05) is 19.2 Å². The summed E-state index contributed by atoms with van der Waals surface area (Å²) < 4.78 is 74.9. The van der Waals surface area contributed by atoms with E-state index in [1.807, 2.05) is 0 Å². The van der Waals surface area contributed by atoms with Gasteiger partial charge in [0.25, 0.3) is 5.91 Å². The summed E-state index contributed by atoms with van der Waals surface area (Å²) in [5.74, 6) is -1.31. The second-order valence-corrected chi connectivity index (χ2v) is 9.10. The van der Waals surface area contributed by atoms with Gasteiger partial charge in [0.2, 0.25) is 15.8 Å². The van der Waals surface area contributed by atoms with Crippen LogP contribution in [0.15, 0.2) is 33.7 Å². The second-order valence-electron chi connectivity index (χ2n) is 7.17. The maximum absolute atomic E-state index is 13.0. The van der Waals surface area contributed by atoms with Gasteiger partial charge in [-0.25, -0.2) is 8.42 Å². The Hall–Kier alpha value is -2.60. The zero-order valence-corrected chi connectivity index (χ0v) is 17.6. The molecule has 31 heavy (non-hydrogen) atoms. The number of aromatic nitrogens is 1. The van der Waals surface area contributed by atoms with Crippen molar-refractivity contribution in [1.82, 2.24) is 9.46 Å². The molecule has 12 heteroatoms. The smallest absolute Gasteiger partial charge is 0.422 e. The molecule has 0 bridgehead atoms. The third-order valence-electron chi connectivity index (χ3n) is 4.65. The predicted molar refractivity (Wildman–Crippen MR) is 104 cm³/mol. The summed E-state index contributed by atoms with van der Waals surface area (Å²) in [5, 5.41) is 5.94. The Balaban J connectivity index is 1.92. The number of aryl methyl sites for hydroxylation is 1. The molecule has 1 saturated heterocycles. The van der Waals surface area contributed by atoms with Gasteiger partial charge in [-0.1, -0.05) is 18.0 Å². The molecule has 170 valence electrons. The van der Waals surface area contributed by atoms with Crippen molar-refractivity contribution in [2.24, 2.45) is 0 Å². The zero-order valence-electron chi connectivity index (χ0n) is 16.7. The predicted octanol–water partition coefficient (Wildman–Crippen LogP) is 3.74. The molecule has 0 radical (unpaired) electrons. The average Bonchev–Trinajstić information content (AvgIpc) is 2.95. The highest BCUT2D eigenvalue weighted by Crippen LogP contribution is 2.32. The Kier molecular flexibility index (Phi) is 6.90. The first-order valence-corrected chi connectivity index (χ1v) is 11.1. The molecule has 0 atom stereocenters. The van der Waals surface area contributed by atoms with Crippen LogP contribution in [0.4, 0.5) is 18.9 Å². The van der Waals surface area contributed by atoms with Crippen LogP contribution in [-0.4, -0.2) is 49.7 Å². The summed E-state index contributed by atoms with van der Waals surface area (Å²) in [4.78, 5) is 12.3. The Morgan fingerprint density at radius 3 is 2.45 bits per heavy atom. The molecule has 1 aliphatic heterocycles. The minimum Gasteiger partial charge on any atom is -0.482 e. The lowest BCUT2D eigenvalue weighted by Gasteiger charge is -2.21. The fourth-order valence-electron chi connectivity index (χ4n) is 3.14. The molecule has 1 N–H and O–H groups in total. The molecule has 2 heterocycles. The van der Waals surface area contributed by atoms with Gasteiger partial charge in [-0.2, -0.15) is 17.5 Å². The largest absolute Gasteiger partial charge is 0.482 e. The SMILES string of the molecule is Cc1cc(C(=O)Nc2cc(S(=O)(=O)N3CCCCCC3)ccc2OCC(F)(F)F)on1. The molecule has 1 amide bonds. The molecule has 8 nitrogen and oxygen atoms in total. The van der Waals surface area contributed by atoms with Crippen LogP contribution in [0.25, 0.3) is 0 Å². The molecule has 2 aromatic rings. The van der Waals surface area contributed by atoms with Crippen molar-refractivity contribution >= 4 is 21.6 Å². The summed E-state index contributed by atoms with van der Waals surface area (Å²) in [7, 11) is -3.90. The fourth-order valence-corrected chi connectivity index (χ4v) is 4.68. The third-order valence-corrected chi connectivity index (χ3v) is 6.54. The first-order chi connectivity index (χ1) is 14.6. The van der Waals surface area contributed by atoms with E-state index >= 15 is 0 Å². The van der Waals surface area contributed by atoms with E-state index < -0.39 is 28.7 Å². The van der Waals surface area contributed by atoms with Crippen molar-refractivity contribution in [3.05, 3.63) is 35.7 Å². The number of sulfonamides is 1. The molecular formula is C19H22F3N3O5S. The summed E-state index contributed by atoms with van der Waals surface area (Å²) in [6.07, 6.45) is -1.32. The highest BCUT2D eigenvalue weighted by atomic mass is 32.2. The maximum atomic E-state index is 13.0. The molecule has 1 fully saturated rings. The van der Waals surface area contributed by atoms with Crippen LogP contribution in [0.3, 0.4) is 0 Å². The maximum Gasteiger partial charge on any atom is 0.422 e. The van der Waals surface area contributed by atoms with Gasteiger partial charge in [-0.3, -0.25) is 4.79 Å². The number of carbonyl (C=O) groups excluding carboxylic acids is 1. The first-order valence-electron chi connectivity index (χ1n) is 9.65. The number of benzene rings is 1. The monoisotopic (exact) mass is 461 g/mol. The molecular weight excluding hydrogens is 439 g/mol. The number of amides is 1. The van der Waals surface area contributed by atoms with Crippen molar-refractivity contribution < 1.29 is 35.6 Å². The molecule has 0 saturated carbocycles. The third kappa shape index (κ3) is 5.97. The highest BCUT2D eigenvalue weighted by Gasteiger charge is 2.30. The number of anilines is 1. The van der Waals surface area contributed by atoms with Gasteiger partial charge >= 0.3 is 6.18 Å². The molecule has 1 aromatic heterocycles. The van der Waals surface area contributed by atoms with E-state index in [9.17, 15) is 26.4 Å². The number of rotatable bonds is 6. The molecule has 0 aliphatic carbocycles. The number of carbonyl (C=O) groups is 1. The van der Waals surface area contributed by atoms with Crippen LogP contribution in [0, 0.1) is 6.92 Å². The van der Waals surface area contributed by atoms with Crippen molar-refractivity contribution in [3.63, 3.8) is 0 Å². The topological polar surface area (TPSA) is 102 Å². The number of nitrogens with one attached hydrogen (secondary N) is 1. The van der Waals surface area contributed by atoms with E-state index in [-0.39, 0.29) is 22.1 Å². The van der Waals surface area contributed by atoms with Crippen LogP contribution < -0.4 is 10.1 Å². The Morgan fingerprint density at radius 1 is 1.19 bits per heavy atom. The summed E-state index contributed by atoms with van der Waals surface area (Å²) in [6.45, 7) is 0.698. The molecule has 0 spiro atoms. The van der Waals surface area contributed by atoms with Crippen molar-refractivity contribution in [3.8, 4) is 5.75 Å². The minimum atomic E-state index is -4.61. The Labute approximate surface area is 177 Å². The Bertz CT molecular complexity index is 1030. The number of ether oxygens (including phenoxy) is 1. The number of halogens is 3. The highest BCUT2D eigenvalue weighted by molar-refractivity contribution is 7.89. The summed E-state index contributed by atoms with van der Waals surface area (Å²) >= 11 is 0. The summed E-state index contributed by atoms with van der Waals surface area (Å²) in [5.41, 5.74) is 0.204. The van der Waals surface area contributed by atoms with E-state index in [1.54, 1.807) is 6.92 Å². The summed E-state index contributed by atoms with van der Waals surface area (Å²) in [6, 6.07) is 4.69. The molecule has 3 rings (SSSR count). The number of nitrogens with zero attached hydrogens (tertiary/aromatic N) is 2. The lowest BCUT2D eigenvalue weighted by atomic mass is 10.2. The van der Waals surface area contributed by atoms with Crippen molar-refractivity contribution in [1.29, 1.82) is 0 Å². The average molecular weight is 461 g/mol. The lowest BCUT2D eigenvalue weighted by molar-refractivity contribution is -0.153. The van der Waals surface area contributed by atoms with E-state index in [4.69, 9.17) is 9.26 Å². The quantitative estimate of drug-likeness (QED) is 0.703. The number of hydrogen-bond donors (Lipinski definition) is 1. The van der Waals surface area contributed by atoms with Gasteiger partial charge in [-0.05, 0) is 38.0 Å². The fraction of sp³-hybridized carbons (Fsp3) is 0.474. The van der Waals surface area contributed by atoms with E-state index in [0.717, 1.165) is 37.8 Å². The zero-order chi connectivity index (χ0) is 22.6. The molecule has 0 unspecified atom stereocenters. The number of hydrogen-bond acceptors (Lipinski definition) is 6. The van der Waals surface area contributed by atoms with Gasteiger partial charge in [0.05, 0.1) is 16.3 Å². The van der Waals surface area contributed by atoms with E-state index in [2.05, 4.69) is 10.5 Å². The standard InChI is InChI=1S/C19H22F3N3O5S/c1-13-10-17(30-24-13)18(26)23-15-11-14(6-7-16(15)29-12-19(20,21)22)31(27,28)25-8-4-2-3-5-9-25/h6-7,10-11H,2-5,8-9,12H2,1H3,(H,23,26). The van der Waals surface area contributed by atoms with Crippen LogP contribution in [0.2, 0.25) is 0 Å². The van der Waals surface area contributed by atoms with Gasteiger partial charge in [0.1, 0.15) is 5.75 Å². The van der Waals surface area contributed by atoms with Gasteiger partial charge in [-0.15, -0.1) is 0 Å².